The molecule has 0 saturated carbocycles. The summed E-state index contributed by atoms with van der Waals surface area (Å²) in [5, 5.41) is 7.36. The van der Waals surface area contributed by atoms with E-state index in [9.17, 15) is 0 Å². The van der Waals surface area contributed by atoms with Gasteiger partial charge in [-0.05, 0) is 36.1 Å². The largest absolute Gasteiger partial charge is 0.376 e. The SMILES string of the molecule is Cc1cccc(NCc2nc(-c3ccc(C(C)C)cc3)no2)c1. The Labute approximate surface area is 136 Å². The third kappa shape index (κ3) is 3.77. The van der Waals surface area contributed by atoms with Gasteiger partial charge in [0.05, 0.1) is 6.54 Å². The molecule has 0 aliphatic heterocycles. The summed E-state index contributed by atoms with van der Waals surface area (Å²) in [5.74, 6) is 1.72. The fraction of sp³-hybridized carbons (Fsp3) is 0.263. The molecule has 0 saturated heterocycles. The van der Waals surface area contributed by atoms with Crippen molar-refractivity contribution in [2.45, 2.75) is 33.2 Å². The molecule has 4 nitrogen and oxygen atoms in total. The minimum Gasteiger partial charge on any atom is -0.376 e. The molecule has 0 aliphatic rings. The first-order valence-electron chi connectivity index (χ1n) is 7.85. The lowest BCUT2D eigenvalue weighted by atomic mass is 10.0. The number of aryl methyl sites for hydroxylation is 1. The van der Waals surface area contributed by atoms with Crippen LogP contribution in [0.25, 0.3) is 11.4 Å². The Kier molecular flexibility index (Phi) is 4.42. The number of hydrogen-bond acceptors (Lipinski definition) is 4. The van der Waals surface area contributed by atoms with Gasteiger partial charge in [-0.15, -0.1) is 0 Å². The standard InChI is InChI=1S/C19H21N3O/c1-13(2)15-7-9-16(10-8-15)19-21-18(23-22-19)12-20-17-6-4-5-14(3)11-17/h4-11,13,20H,12H2,1-3H3. The number of hydrogen-bond donors (Lipinski definition) is 1. The summed E-state index contributed by atoms with van der Waals surface area (Å²) in [6.45, 7) is 6.94. The quantitative estimate of drug-likeness (QED) is 0.737. The highest BCUT2D eigenvalue weighted by molar-refractivity contribution is 5.55. The molecule has 0 aliphatic carbocycles. The number of nitrogens with one attached hydrogen (secondary N) is 1. The Hall–Kier alpha value is -2.62. The molecule has 3 rings (SSSR count). The molecular formula is C19H21N3O. The lowest BCUT2D eigenvalue weighted by Crippen LogP contribution is -1.99. The molecule has 0 atom stereocenters. The predicted molar refractivity (Wildman–Crippen MR) is 92.3 cm³/mol. The average Bonchev–Trinajstić information content (AvgIpc) is 3.02. The first kappa shape index (κ1) is 15.3. The van der Waals surface area contributed by atoms with E-state index < -0.39 is 0 Å². The Morgan fingerprint density at radius 2 is 1.87 bits per heavy atom. The Bertz CT molecular complexity index is 775. The summed E-state index contributed by atoms with van der Waals surface area (Å²) in [4.78, 5) is 4.45. The van der Waals surface area contributed by atoms with E-state index in [2.05, 4.69) is 60.5 Å². The van der Waals surface area contributed by atoms with Crippen molar-refractivity contribution in [3.8, 4) is 11.4 Å². The number of rotatable bonds is 5. The van der Waals surface area contributed by atoms with E-state index in [1.807, 2.05) is 24.3 Å². The van der Waals surface area contributed by atoms with Gasteiger partial charge in [0.2, 0.25) is 11.7 Å². The normalized spacial score (nSPS) is 11.0. The van der Waals surface area contributed by atoms with Crippen LogP contribution in [0.2, 0.25) is 0 Å². The highest BCUT2D eigenvalue weighted by Crippen LogP contribution is 2.20. The minimum absolute atomic E-state index is 0.514. The number of nitrogens with zero attached hydrogens (tertiary/aromatic N) is 2. The molecule has 1 heterocycles. The number of aromatic nitrogens is 2. The monoisotopic (exact) mass is 307 g/mol. The summed E-state index contributed by atoms with van der Waals surface area (Å²) in [6, 6.07) is 16.5. The molecule has 0 bridgehead atoms. The van der Waals surface area contributed by atoms with Crippen LogP contribution in [0.4, 0.5) is 5.69 Å². The lowest BCUT2D eigenvalue weighted by molar-refractivity contribution is 0.384. The highest BCUT2D eigenvalue weighted by Gasteiger charge is 2.09. The Morgan fingerprint density at radius 1 is 1.09 bits per heavy atom. The topological polar surface area (TPSA) is 51.0 Å². The van der Waals surface area contributed by atoms with Crippen molar-refractivity contribution in [1.82, 2.24) is 10.1 Å². The van der Waals surface area contributed by atoms with Gasteiger partial charge in [0.25, 0.3) is 0 Å². The van der Waals surface area contributed by atoms with E-state index in [1.54, 1.807) is 0 Å². The van der Waals surface area contributed by atoms with Crippen LogP contribution in [0, 0.1) is 6.92 Å². The second-order valence-corrected chi connectivity index (χ2v) is 6.01. The van der Waals surface area contributed by atoms with Crippen LogP contribution < -0.4 is 5.32 Å². The van der Waals surface area contributed by atoms with Gasteiger partial charge in [0, 0.05) is 11.3 Å². The van der Waals surface area contributed by atoms with E-state index in [4.69, 9.17) is 4.52 Å². The summed E-state index contributed by atoms with van der Waals surface area (Å²) in [7, 11) is 0. The molecule has 0 radical (unpaired) electrons. The highest BCUT2D eigenvalue weighted by atomic mass is 16.5. The molecule has 2 aromatic carbocycles. The zero-order chi connectivity index (χ0) is 16.2. The molecule has 3 aromatic rings. The Morgan fingerprint density at radius 3 is 2.57 bits per heavy atom. The van der Waals surface area contributed by atoms with Gasteiger partial charge in [0.15, 0.2) is 0 Å². The smallest absolute Gasteiger partial charge is 0.246 e. The van der Waals surface area contributed by atoms with Gasteiger partial charge in [-0.2, -0.15) is 4.98 Å². The van der Waals surface area contributed by atoms with Crippen molar-refractivity contribution < 1.29 is 4.52 Å². The molecule has 0 spiro atoms. The lowest BCUT2D eigenvalue weighted by Gasteiger charge is -2.04. The predicted octanol–water partition coefficient (Wildman–Crippen LogP) is 4.78. The maximum Gasteiger partial charge on any atom is 0.246 e. The van der Waals surface area contributed by atoms with Crippen LogP contribution >= 0.6 is 0 Å². The third-order valence-electron chi connectivity index (χ3n) is 3.77. The van der Waals surface area contributed by atoms with Crippen molar-refractivity contribution in [3.05, 3.63) is 65.5 Å². The van der Waals surface area contributed by atoms with Crippen molar-refractivity contribution in [2.75, 3.05) is 5.32 Å². The van der Waals surface area contributed by atoms with E-state index in [0.717, 1.165) is 11.3 Å². The molecule has 23 heavy (non-hydrogen) atoms. The fourth-order valence-corrected chi connectivity index (χ4v) is 2.39. The first-order chi connectivity index (χ1) is 11.1. The van der Waals surface area contributed by atoms with Crippen molar-refractivity contribution in [3.63, 3.8) is 0 Å². The molecule has 118 valence electrons. The summed E-state index contributed by atoms with van der Waals surface area (Å²) in [5.41, 5.74) is 4.54. The van der Waals surface area contributed by atoms with Crippen LogP contribution in [0.5, 0.6) is 0 Å². The van der Waals surface area contributed by atoms with Gasteiger partial charge in [-0.25, -0.2) is 0 Å². The van der Waals surface area contributed by atoms with Crippen molar-refractivity contribution in [2.24, 2.45) is 0 Å². The molecule has 0 fully saturated rings. The Balaban J connectivity index is 1.68. The van der Waals surface area contributed by atoms with Gasteiger partial charge in [-0.3, -0.25) is 0 Å². The van der Waals surface area contributed by atoms with E-state index in [-0.39, 0.29) is 0 Å². The second-order valence-electron chi connectivity index (χ2n) is 6.01. The third-order valence-corrected chi connectivity index (χ3v) is 3.77. The minimum atomic E-state index is 0.514. The summed E-state index contributed by atoms with van der Waals surface area (Å²) < 4.78 is 5.33. The van der Waals surface area contributed by atoms with Gasteiger partial charge < -0.3 is 9.84 Å². The molecule has 0 unspecified atom stereocenters. The molecule has 0 amide bonds. The zero-order valence-corrected chi connectivity index (χ0v) is 13.7. The van der Waals surface area contributed by atoms with Crippen LogP contribution in [-0.4, -0.2) is 10.1 Å². The first-order valence-corrected chi connectivity index (χ1v) is 7.85. The van der Waals surface area contributed by atoms with Gasteiger partial charge >= 0.3 is 0 Å². The van der Waals surface area contributed by atoms with Crippen LogP contribution in [0.15, 0.2) is 53.1 Å². The fourth-order valence-electron chi connectivity index (χ4n) is 2.39. The van der Waals surface area contributed by atoms with Crippen LogP contribution in [-0.2, 0) is 6.54 Å². The van der Waals surface area contributed by atoms with E-state index in [1.165, 1.54) is 11.1 Å². The second kappa shape index (κ2) is 6.65. The summed E-state index contributed by atoms with van der Waals surface area (Å²) >= 11 is 0. The van der Waals surface area contributed by atoms with Crippen molar-refractivity contribution >= 4 is 5.69 Å². The van der Waals surface area contributed by atoms with E-state index in [0.29, 0.717) is 24.2 Å². The molecule has 1 aromatic heterocycles. The van der Waals surface area contributed by atoms with Gasteiger partial charge in [-0.1, -0.05) is 55.4 Å². The molecular weight excluding hydrogens is 286 g/mol. The average molecular weight is 307 g/mol. The molecule has 1 N–H and O–H groups in total. The zero-order valence-electron chi connectivity index (χ0n) is 13.7. The van der Waals surface area contributed by atoms with E-state index >= 15 is 0 Å². The van der Waals surface area contributed by atoms with Crippen molar-refractivity contribution in [1.29, 1.82) is 0 Å². The van der Waals surface area contributed by atoms with Gasteiger partial charge in [0.1, 0.15) is 0 Å². The number of benzene rings is 2. The summed E-state index contributed by atoms with van der Waals surface area (Å²) in [6.07, 6.45) is 0. The number of anilines is 1. The maximum atomic E-state index is 5.33. The van der Waals surface area contributed by atoms with Crippen LogP contribution in [0.3, 0.4) is 0 Å². The maximum absolute atomic E-state index is 5.33. The molecule has 4 heteroatoms. The van der Waals surface area contributed by atoms with Crippen LogP contribution in [0.1, 0.15) is 36.8 Å².